The molecule has 0 aliphatic heterocycles. The number of aliphatic hydroxyl groups excluding tert-OH is 4. The molecular formula is C27H37NO13S. The van der Waals surface area contributed by atoms with Gasteiger partial charge in [-0.25, -0.2) is 19.2 Å². The standard InChI is InChI=1S/C19H25NOS.2C4H6O6/c1-2-6-14-15-8-3-4-9-17(15)19(21)18(20)16(14)11-10-13-7-5-12-22-13;2*5-1(3(7)8)2(6)4(9)10/h5,7,12,21H,2-4,6,8-11,20H2,1H3;2*1-2,5-6H,(H,7,8)(H,9,10). The lowest BCUT2D eigenvalue weighted by Crippen LogP contribution is -2.39. The van der Waals surface area contributed by atoms with E-state index >= 15 is 0 Å². The molecule has 1 aromatic carbocycles. The number of nitrogen functional groups attached to an aromatic ring is 1. The Morgan fingerprint density at radius 3 is 1.60 bits per heavy atom. The topological polar surface area (TPSA) is 276 Å². The average molecular weight is 616 g/mol. The molecule has 234 valence electrons. The number of aromatic hydroxyl groups is 1. The quantitative estimate of drug-likeness (QED) is 0.121. The maximum absolute atomic E-state index is 10.6. The fraction of sp³-hybridized carbons (Fsp3) is 0.481. The number of benzene rings is 1. The largest absolute Gasteiger partial charge is 0.505 e. The fourth-order valence-electron chi connectivity index (χ4n) is 4.23. The minimum Gasteiger partial charge on any atom is -0.505 e. The molecule has 0 bridgehead atoms. The molecule has 0 spiro atoms. The Morgan fingerprint density at radius 2 is 1.21 bits per heavy atom. The van der Waals surface area contributed by atoms with E-state index in [9.17, 15) is 24.3 Å². The van der Waals surface area contributed by atoms with Gasteiger partial charge in [-0.2, -0.15) is 0 Å². The van der Waals surface area contributed by atoms with Crippen molar-refractivity contribution in [2.45, 2.75) is 82.7 Å². The molecule has 4 unspecified atom stereocenters. The van der Waals surface area contributed by atoms with E-state index in [-0.39, 0.29) is 0 Å². The Morgan fingerprint density at radius 1 is 0.762 bits per heavy atom. The van der Waals surface area contributed by atoms with Gasteiger partial charge in [0.15, 0.2) is 24.4 Å². The number of phenols is 1. The van der Waals surface area contributed by atoms with Crippen LogP contribution >= 0.6 is 11.3 Å². The van der Waals surface area contributed by atoms with E-state index in [4.69, 9.17) is 46.6 Å². The van der Waals surface area contributed by atoms with Crippen molar-refractivity contribution in [2.24, 2.45) is 0 Å². The lowest BCUT2D eigenvalue weighted by atomic mass is 9.82. The third kappa shape index (κ3) is 10.3. The molecule has 0 fully saturated rings. The van der Waals surface area contributed by atoms with Crippen molar-refractivity contribution in [3.8, 4) is 5.75 Å². The second-order valence-electron chi connectivity index (χ2n) is 9.35. The first-order chi connectivity index (χ1) is 19.6. The van der Waals surface area contributed by atoms with Gasteiger partial charge >= 0.3 is 23.9 Å². The number of thiophene rings is 1. The van der Waals surface area contributed by atoms with Crippen LogP contribution in [0.2, 0.25) is 0 Å². The maximum atomic E-state index is 10.6. The molecule has 2 aromatic rings. The fourth-order valence-corrected chi connectivity index (χ4v) is 4.94. The van der Waals surface area contributed by atoms with Crippen LogP contribution in [0.25, 0.3) is 0 Å². The van der Waals surface area contributed by atoms with Gasteiger partial charge in [0.25, 0.3) is 0 Å². The van der Waals surface area contributed by atoms with Crippen LogP contribution in [0.5, 0.6) is 5.75 Å². The zero-order chi connectivity index (χ0) is 32.1. The Labute approximate surface area is 244 Å². The average Bonchev–Trinajstić information content (AvgIpc) is 3.48. The summed E-state index contributed by atoms with van der Waals surface area (Å²) >= 11 is 1.80. The maximum Gasteiger partial charge on any atom is 0.335 e. The molecule has 1 aliphatic carbocycles. The predicted molar refractivity (Wildman–Crippen MR) is 149 cm³/mol. The Balaban J connectivity index is 0.000000370. The predicted octanol–water partition coefficient (Wildman–Crippen LogP) is 0.407. The summed E-state index contributed by atoms with van der Waals surface area (Å²) in [6.45, 7) is 2.22. The van der Waals surface area contributed by atoms with E-state index in [0.717, 1.165) is 44.1 Å². The number of rotatable bonds is 11. The van der Waals surface area contributed by atoms with Crippen molar-refractivity contribution in [1.82, 2.24) is 0 Å². The monoisotopic (exact) mass is 615 g/mol. The van der Waals surface area contributed by atoms with Gasteiger partial charge in [0.2, 0.25) is 0 Å². The highest BCUT2D eigenvalue weighted by Crippen LogP contribution is 2.40. The Bertz CT molecular complexity index is 1140. The van der Waals surface area contributed by atoms with Crippen LogP contribution in [0, 0.1) is 0 Å². The lowest BCUT2D eigenvalue weighted by Gasteiger charge is -2.25. The molecule has 1 aliphatic rings. The zero-order valence-electron chi connectivity index (χ0n) is 22.8. The van der Waals surface area contributed by atoms with Crippen molar-refractivity contribution >= 4 is 40.9 Å². The van der Waals surface area contributed by atoms with Gasteiger partial charge in [-0.3, -0.25) is 0 Å². The number of fused-ring (bicyclic) bond motifs is 1. The molecule has 0 radical (unpaired) electrons. The summed E-state index contributed by atoms with van der Waals surface area (Å²) in [7, 11) is 0. The second kappa shape index (κ2) is 17.3. The van der Waals surface area contributed by atoms with Gasteiger partial charge in [0.05, 0.1) is 5.69 Å². The SMILES string of the molecule is CCCc1c(CCc2cccs2)c(N)c(O)c2c1CCCC2.O=C(O)C(O)C(O)C(=O)O.O=C(O)C(O)C(O)C(=O)O. The highest BCUT2D eigenvalue weighted by atomic mass is 32.1. The van der Waals surface area contributed by atoms with E-state index < -0.39 is 48.3 Å². The van der Waals surface area contributed by atoms with Crippen molar-refractivity contribution < 1.29 is 65.1 Å². The van der Waals surface area contributed by atoms with Crippen molar-refractivity contribution in [2.75, 3.05) is 5.73 Å². The molecule has 15 heteroatoms. The molecule has 1 heterocycles. The third-order valence-corrected chi connectivity index (χ3v) is 7.31. The normalized spacial score (nSPS) is 14.9. The van der Waals surface area contributed by atoms with E-state index in [1.165, 1.54) is 34.4 Å². The molecule has 0 saturated heterocycles. The van der Waals surface area contributed by atoms with Crippen LogP contribution in [-0.4, -0.2) is 94.3 Å². The van der Waals surface area contributed by atoms with Gasteiger partial charge in [0.1, 0.15) is 5.75 Å². The number of aliphatic carboxylic acids is 4. The summed E-state index contributed by atoms with van der Waals surface area (Å²) in [6.07, 6.45) is -0.436. The van der Waals surface area contributed by atoms with Crippen LogP contribution in [0.15, 0.2) is 17.5 Å². The number of hydrogen-bond donors (Lipinski definition) is 10. The van der Waals surface area contributed by atoms with Crippen molar-refractivity contribution in [1.29, 1.82) is 0 Å². The summed E-state index contributed by atoms with van der Waals surface area (Å²) < 4.78 is 0. The van der Waals surface area contributed by atoms with Gasteiger partial charge in [0, 0.05) is 4.88 Å². The number of carboxylic acids is 4. The lowest BCUT2D eigenvalue weighted by molar-refractivity contribution is -0.165. The Kier molecular flexibility index (Phi) is 14.9. The number of carbonyl (C=O) groups is 4. The third-order valence-electron chi connectivity index (χ3n) is 6.37. The molecule has 42 heavy (non-hydrogen) atoms. The molecule has 11 N–H and O–H groups in total. The van der Waals surface area contributed by atoms with E-state index in [0.29, 0.717) is 11.4 Å². The molecule has 0 saturated carbocycles. The molecule has 14 nitrogen and oxygen atoms in total. The Hall–Kier alpha value is -3.76. The van der Waals surface area contributed by atoms with E-state index in [1.54, 1.807) is 11.3 Å². The summed E-state index contributed by atoms with van der Waals surface area (Å²) in [5, 5.41) is 77.7. The minimum absolute atomic E-state index is 0.371. The smallest absolute Gasteiger partial charge is 0.335 e. The first-order valence-corrected chi connectivity index (χ1v) is 13.8. The van der Waals surface area contributed by atoms with Crippen molar-refractivity contribution in [3.63, 3.8) is 0 Å². The number of nitrogens with two attached hydrogens (primary N) is 1. The van der Waals surface area contributed by atoms with E-state index in [1.807, 2.05) is 0 Å². The molecule has 1 aromatic heterocycles. The number of phenolic OH excluding ortho intramolecular Hbond substituents is 1. The molecule has 0 amide bonds. The second-order valence-corrected chi connectivity index (χ2v) is 10.4. The van der Waals surface area contributed by atoms with Crippen LogP contribution in [-0.2, 0) is 51.3 Å². The highest BCUT2D eigenvalue weighted by Gasteiger charge is 2.30. The van der Waals surface area contributed by atoms with Crippen LogP contribution in [0.3, 0.4) is 0 Å². The van der Waals surface area contributed by atoms with Crippen LogP contribution in [0.4, 0.5) is 5.69 Å². The molecule has 3 rings (SSSR count). The first-order valence-electron chi connectivity index (χ1n) is 12.9. The number of aliphatic hydroxyl groups is 4. The summed E-state index contributed by atoms with van der Waals surface area (Å²) in [4.78, 5) is 40.5. The number of aryl methyl sites for hydroxylation is 1. The summed E-state index contributed by atoms with van der Waals surface area (Å²) in [5.41, 5.74) is 12.1. The molecular weight excluding hydrogens is 578 g/mol. The van der Waals surface area contributed by atoms with Crippen LogP contribution in [0.1, 0.15) is 53.3 Å². The first kappa shape index (κ1) is 36.3. The van der Waals surface area contributed by atoms with E-state index in [2.05, 4.69) is 24.4 Å². The van der Waals surface area contributed by atoms with Gasteiger partial charge in [-0.05, 0) is 78.6 Å². The minimum atomic E-state index is -2.27. The van der Waals surface area contributed by atoms with Gasteiger partial charge in [-0.1, -0.05) is 19.4 Å². The van der Waals surface area contributed by atoms with Gasteiger partial charge < -0.3 is 51.7 Å². The summed E-state index contributed by atoms with van der Waals surface area (Å²) in [5.74, 6) is -6.70. The summed E-state index contributed by atoms with van der Waals surface area (Å²) in [6, 6.07) is 4.28. The number of carboxylic acid groups (broad SMARTS) is 4. The zero-order valence-corrected chi connectivity index (χ0v) is 23.7. The van der Waals surface area contributed by atoms with Gasteiger partial charge in [-0.15, -0.1) is 11.3 Å². The number of anilines is 1. The number of hydrogen-bond acceptors (Lipinski definition) is 11. The van der Waals surface area contributed by atoms with Crippen LogP contribution < -0.4 is 5.73 Å². The van der Waals surface area contributed by atoms with Crippen molar-refractivity contribution in [3.05, 3.63) is 44.6 Å². The highest BCUT2D eigenvalue weighted by molar-refractivity contribution is 7.09. The molecule has 4 atom stereocenters.